The standard InChI is InChI=1S/C11H13BrCl3NO2S/c1-2-16(5-3-4-13)19(17,18)11-9(14)6-8(12)7-10(11)15/h6-7H,2-5H2,1H3. The molecule has 0 N–H and O–H groups in total. The first-order chi connectivity index (χ1) is 8.84. The Balaban J connectivity index is 3.26. The van der Waals surface area contributed by atoms with Crippen LogP contribution in [0.15, 0.2) is 21.5 Å². The van der Waals surface area contributed by atoms with E-state index in [0.29, 0.717) is 29.9 Å². The van der Waals surface area contributed by atoms with Crippen molar-refractivity contribution in [3.63, 3.8) is 0 Å². The minimum Gasteiger partial charge on any atom is -0.207 e. The van der Waals surface area contributed by atoms with Crippen LogP contribution in [0.1, 0.15) is 13.3 Å². The molecule has 108 valence electrons. The van der Waals surface area contributed by atoms with Gasteiger partial charge in [0.2, 0.25) is 10.0 Å². The highest BCUT2D eigenvalue weighted by atomic mass is 79.9. The predicted molar refractivity (Wildman–Crippen MR) is 83.9 cm³/mol. The highest BCUT2D eigenvalue weighted by molar-refractivity contribution is 9.10. The van der Waals surface area contributed by atoms with Gasteiger partial charge in [-0.2, -0.15) is 4.31 Å². The second-order valence-corrected chi connectivity index (χ2v) is 7.72. The lowest BCUT2D eigenvalue weighted by Crippen LogP contribution is -2.32. The summed E-state index contributed by atoms with van der Waals surface area (Å²) in [4.78, 5) is -0.0598. The zero-order valence-corrected chi connectivity index (χ0v) is 14.8. The summed E-state index contributed by atoms with van der Waals surface area (Å²) in [5, 5.41) is 0.201. The number of hydrogen-bond donors (Lipinski definition) is 0. The molecule has 0 saturated carbocycles. The van der Waals surface area contributed by atoms with E-state index < -0.39 is 10.0 Å². The van der Waals surface area contributed by atoms with E-state index in [4.69, 9.17) is 34.8 Å². The fourth-order valence-electron chi connectivity index (χ4n) is 1.59. The van der Waals surface area contributed by atoms with E-state index in [1.807, 2.05) is 0 Å². The average Bonchev–Trinajstić information content (AvgIpc) is 2.27. The summed E-state index contributed by atoms with van der Waals surface area (Å²) in [5.41, 5.74) is 0. The van der Waals surface area contributed by atoms with Crippen LogP contribution in [0.4, 0.5) is 0 Å². The molecule has 19 heavy (non-hydrogen) atoms. The third-order valence-corrected chi connectivity index (χ3v) is 6.08. The van der Waals surface area contributed by atoms with Crippen molar-refractivity contribution in [3.8, 4) is 0 Å². The van der Waals surface area contributed by atoms with Crippen LogP contribution in [-0.4, -0.2) is 31.7 Å². The Morgan fingerprint density at radius 3 is 2.21 bits per heavy atom. The normalized spacial score (nSPS) is 12.1. The van der Waals surface area contributed by atoms with Crippen molar-refractivity contribution in [1.82, 2.24) is 4.31 Å². The highest BCUT2D eigenvalue weighted by Gasteiger charge is 2.28. The van der Waals surface area contributed by atoms with Gasteiger partial charge in [0.05, 0.1) is 10.0 Å². The second-order valence-electron chi connectivity index (χ2n) is 3.74. The Morgan fingerprint density at radius 1 is 1.26 bits per heavy atom. The molecule has 0 fully saturated rings. The first-order valence-electron chi connectivity index (χ1n) is 5.55. The maximum atomic E-state index is 12.5. The second kappa shape index (κ2) is 7.48. The fraction of sp³-hybridized carbons (Fsp3) is 0.455. The summed E-state index contributed by atoms with van der Waals surface area (Å²) >= 11 is 20.8. The third kappa shape index (κ3) is 4.22. The molecule has 0 heterocycles. The fourth-order valence-corrected chi connectivity index (χ4v) is 5.08. The molecule has 0 atom stereocenters. The van der Waals surface area contributed by atoms with Gasteiger partial charge < -0.3 is 0 Å². The molecule has 1 rings (SSSR count). The van der Waals surface area contributed by atoms with Crippen molar-refractivity contribution < 1.29 is 8.42 Å². The summed E-state index contributed by atoms with van der Waals surface area (Å²) < 4.78 is 27.0. The zero-order valence-electron chi connectivity index (χ0n) is 10.2. The quantitative estimate of drug-likeness (QED) is 0.653. The number of hydrogen-bond acceptors (Lipinski definition) is 2. The van der Waals surface area contributed by atoms with Crippen molar-refractivity contribution in [2.75, 3.05) is 19.0 Å². The summed E-state index contributed by atoms with van der Waals surface area (Å²) in [6.07, 6.45) is 0.570. The van der Waals surface area contributed by atoms with Gasteiger partial charge in [0.1, 0.15) is 4.90 Å². The minimum atomic E-state index is -3.71. The number of benzene rings is 1. The van der Waals surface area contributed by atoms with E-state index in [9.17, 15) is 8.42 Å². The number of alkyl halides is 1. The van der Waals surface area contributed by atoms with E-state index in [2.05, 4.69) is 15.9 Å². The van der Waals surface area contributed by atoms with Crippen molar-refractivity contribution in [1.29, 1.82) is 0 Å². The van der Waals surface area contributed by atoms with E-state index in [1.165, 1.54) is 16.4 Å². The van der Waals surface area contributed by atoms with Crippen LogP contribution in [0.2, 0.25) is 10.0 Å². The Labute approximate surface area is 137 Å². The van der Waals surface area contributed by atoms with Crippen LogP contribution >= 0.6 is 50.7 Å². The zero-order chi connectivity index (χ0) is 14.6. The molecule has 0 unspecified atom stereocenters. The number of nitrogens with zero attached hydrogens (tertiary/aromatic N) is 1. The highest BCUT2D eigenvalue weighted by Crippen LogP contribution is 2.34. The van der Waals surface area contributed by atoms with Crippen LogP contribution in [0.3, 0.4) is 0 Å². The van der Waals surface area contributed by atoms with Crippen molar-refractivity contribution in [2.45, 2.75) is 18.2 Å². The number of sulfonamides is 1. The molecule has 0 aliphatic carbocycles. The van der Waals surface area contributed by atoms with E-state index in [1.54, 1.807) is 6.92 Å². The molecule has 3 nitrogen and oxygen atoms in total. The Kier molecular flexibility index (Phi) is 6.90. The van der Waals surface area contributed by atoms with Crippen LogP contribution in [0.5, 0.6) is 0 Å². The minimum absolute atomic E-state index is 0.0598. The molecule has 1 aromatic carbocycles. The molecular formula is C11H13BrCl3NO2S. The van der Waals surface area contributed by atoms with Gasteiger partial charge in [-0.15, -0.1) is 11.6 Å². The molecule has 8 heteroatoms. The molecule has 0 spiro atoms. The molecular weight excluding hydrogens is 396 g/mol. The monoisotopic (exact) mass is 407 g/mol. The molecule has 0 aliphatic rings. The maximum absolute atomic E-state index is 12.5. The molecule has 0 aliphatic heterocycles. The average molecular weight is 410 g/mol. The predicted octanol–water partition coefficient (Wildman–Crippen LogP) is 4.40. The van der Waals surface area contributed by atoms with Crippen molar-refractivity contribution in [3.05, 3.63) is 26.7 Å². The largest absolute Gasteiger partial charge is 0.246 e. The first kappa shape index (κ1) is 17.5. The topological polar surface area (TPSA) is 37.4 Å². The van der Waals surface area contributed by atoms with Crippen LogP contribution in [0, 0.1) is 0 Å². The lowest BCUT2D eigenvalue weighted by Gasteiger charge is -2.21. The maximum Gasteiger partial charge on any atom is 0.246 e. The van der Waals surface area contributed by atoms with Gasteiger partial charge in [-0.1, -0.05) is 46.1 Å². The lowest BCUT2D eigenvalue weighted by atomic mass is 10.4. The summed E-state index contributed by atoms with van der Waals surface area (Å²) in [7, 11) is -3.71. The summed E-state index contributed by atoms with van der Waals surface area (Å²) in [6.45, 7) is 2.43. The molecule has 0 radical (unpaired) electrons. The summed E-state index contributed by atoms with van der Waals surface area (Å²) in [6, 6.07) is 3.02. The Bertz CT molecular complexity index is 528. The molecule has 0 amide bonds. The smallest absolute Gasteiger partial charge is 0.207 e. The Morgan fingerprint density at radius 2 is 1.79 bits per heavy atom. The van der Waals surface area contributed by atoms with Gasteiger partial charge >= 0.3 is 0 Å². The van der Waals surface area contributed by atoms with Gasteiger partial charge in [0, 0.05) is 23.4 Å². The Hall–Kier alpha value is 0.480. The van der Waals surface area contributed by atoms with Gasteiger partial charge in [-0.25, -0.2) is 8.42 Å². The number of rotatable bonds is 6. The molecule has 0 bridgehead atoms. The van der Waals surface area contributed by atoms with Crippen LogP contribution < -0.4 is 0 Å². The lowest BCUT2D eigenvalue weighted by molar-refractivity contribution is 0.428. The molecule has 1 aromatic rings. The third-order valence-electron chi connectivity index (χ3n) is 2.45. The van der Waals surface area contributed by atoms with Gasteiger partial charge in [-0.3, -0.25) is 0 Å². The first-order valence-corrected chi connectivity index (χ1v) is 9.07. The van der Waals surface area contributed by atoms with Crippen molar-refractivity contribution >= 4 is 60.8 Å². The molecule has 0 saturated heterocycles. The van der Waals surface area contributed by atoms with E-state index in [0.717, 1.165) is 0 Å². The van der Waals surface area contributed by atoms with E-state index in [-0.39, 0.29) is 14.9 Å². The SMILES string of the molecule is CCN(CCCCl)S(=O)(=O)c1c(Cl)cc(Br)cc1Cl. The van der Waals surface area contributed by atoms with Crippen molar-refractivity contribution in [2.24, 2.45) is 0 Å². The van der Waals surface area contributed by atoms with Gasteiger partial charge in [0.25, 0.3) is 0 Å². The van der Waals surface area contributed by atoms with Gasteiger partial charge in [-0.05, 0) is 18.6 Å². The van der Waals surface area contributed by atoms with Crippen LogP contribution in [0.25, 0.3) is 0 Å². The van der Waals surface area contributed by atoms with Gasteiger partial charge in [0.15, 0.2) is 0 Å². The van der Waals surface area contributed by atoms with E-state index >= 15 is 0 Å². The molecule has 0 aromatic heterocycles. The summed E-state index contributed by atoms with van der Waals surface area (Å²) in [5.74, 6) is 0.397. The van der Waals surface area contributed by atoms with Crippen LogP contribution in [-0.2, 0) is 10.0 Å². The number of halogens is 4.